The van der Waals surface area contributed by atoms with E-state index < -0.39 is 10.0 Å². The van der Waals surface area contributed by atoms with Crippen LogP contribution in [0, 0.1) is 5.92 Å². The standard InChI is InChI=1S/C14H15ClN2O2S/c15-9-11-6-8-17(10-11)20(18,19)14-5-1-4-13-12(14)3-2-7-16-13/h1-5,7,11H,6,8-10H2. The lowest BCUT2D eigenvalue weighted by Gasteiger charge is -2.17. The van der Waals surface area contributed by atoms with Crippen LogP contribution in [-0.4, -0.2) is 36.7 Å². The smallest absolute Gasteiger partial charge is 0.243 e. The molecule has 0 bridgehead atoms. The normalized spacial score (nSPS) is 20.6. The van der Waals surface area contributed by atoms with Gasteiger partial charge >= 0.3 is 0 Å². The molecule has 2 heterocycles. The molecule has 1 fully saturated rings. The number of sulfonamides is 1. The van der Waals surface area contributed by atoms with E-state index in [4.69, 9.17) is 11.6 Å². The van der Waals surface area contributed by atoms with E-state index in [1.807, 2.05) is 6.07 Å². The number of alkyl halides is 1. The van der Waals surface area contributed by atoms with Crippen LogP contribution < -0.4 is 0 Å². The summed E-state index contributed by atoms with van der Waals surface area (Å²) in [6.07, 6.45) is 2.49. The highest BCUT2D eigenvalue weighted by Crippen LogP contribution is 2.28. The second-order valence-electron chi connectivity index (χ2n) is 5.00. The zero-order valence-corrected chi connectivity index (χ0v) is 12.4. The Balaban J connectivity index is 2.06. The van der Waals surface area contributed by atoms with Crippen molar-refractivity contribution < 1.29 is 8.42 Å². The van der Waals surface area contributed by atoms with Gasteiger partial charge in [0.2, 0.25) is 10.0 Å². The van der Waals surface area contributed by atoms with Crippen LogP contribution in [0.25, 0.3) is 10.9 Å². The van der Waals surface area contributed by atoms with Gasteiger partial charge in [-0.1, -0.05) is 6.07 Å². The summed E-state index contributed by atoms with van der Waals surface area (Å²) in [6, 6.07) is 8.75. The van der Waals surface area contributed by atoms with E-state index in [0.29, 0.717) is 34.8 Å². The van der Waals surface area contributed by atoms with Crippen molar-refractivity contribution in [1.82, 2.24) is 9.29 Å². The number of fused-ring (bicyclic) bond motifs is 1. The minimum atomic E-state index is -3.47. The first kappa shape index (κ1) is 13.8. The molecule has 0 radical (unpaired) electrons. The third-order valence-corrected chi connectivity index (χ3v) is 6.05. The number of halogens is 1. The van der Waals surface area contributed by atoms with Crippen molar-refractivity contribution in [2.75, 3.05) is 19.0 Å². The zero-order chi connectivity index (χ0) is 14.2. The fourth-order valence-electron chi connectivity index (χ4n) is 2.58. The molecule has 3 rings (SSSR count). The maximum atomic E-state index is 12.8. The highest BCUT2D eigenvalue weighted by molar-refractivity contribution is 7.89. The van der Waals surface area contributed by atoms with Crippen molar-refractivity contribution >= 4 is 32.5 Å². The predicted octanol–water partition coefficient (Wildman–Crippen LogP) is 2.48. The van der Waals surface area contributed by atoms with Crippen LogP contribution in [0.4, 0.5) is 0 Å². The highest BCUT2D eigenvalue weighted by Gasteiger charge is 2.32. The molecule has 1 unspecified atom stereocenters. The zero-order valence-electron chi connectivity index (χ0n) is 10.9. The summed E-state index contributed by atoms with van der Waals surface area (Å²) in [5, 5.41) is 0.671. The van der Waals surface area contributed by atoms with Gasteiger partial charge in [0.25, 0.3) is 0 Å². The van der Waals surface area contributed by atoms with Crippen molar-refractivity contribution in [3.63, 3.8) is 0 Å². The number of rotatable bonds is 3. The van der Waals surface area contributed by atoms with Gasteiger partial charge in [0.1, 0.15) is 0 Å². The molecule has 4 nitrogen and oxygen atoms in total. The molecular weight excluding hydrogens is 296 g/mol. The minimum Gasteiger partial charge on any atom is -0.256 e. The average Bonchev–Trinajstić information content (AvgIpc) is 2.96. The summed E-state index contributed by atoms with van der Waals surface area (Å²) in [4.78, 5) is 4.54. The summed E-state index contributed by atoms with van der Waals surface area (Å²) in [7, 11) is -3.47. The lowest BCUT2D eigenvalue weighted by atomic mass is 10.2. The molecule has 0 spiro atoms. The Bertz CT molecular complexity index is 728. The minimum absolute atomic E-state index is 0.250. The number of benzene rings is 1. The average molecular weight is 311 g/mol. The van der Waals surface area contributed by atoms with E-state index >= 15 is 0 Å². The molecule has 0 N–H and O–H groups in total. The van der Waals surface area contributed by atoms with Gasteiger partial charge in [0, 0.05) is 30.6 Å². The van der Waals surface area contributed by atoms with Crippen molar-refractivity contribution in [3.05, 3.63) is 36.5 Å². The van der Waals surface area contributed by atoms with Crippen LogP contribution in [0.15, 0.2) is 41.4 Å². The Morgan fingerprint density at radius 1 is 1.30 bits per heavy atom. The van der Waals surface area contributed by atoms with E-state index in [-0.39, 0.29) is 5.92 Å². The molecule has 6 heteroatoms. The Morgan fingerprint density at radius 2 is 2.15 bits per heavy atom. The Hall–Kier alpha value is -1.17. The Morgan fingerprint density at radius 3 is 2.90 bits per heavy atom. The summed E-state index contributed by atoms with van der Waals surface area (Å²) in [6.45, 7) is 1.04. The van der Waals surface area contributed by atoms with Crippen LogP contribution >= 0.6 is 11.6 Å². The molecule has 0 amide bonds. The van der Waals surface area contributed by atoms with Gasteiger partial charge in [0.05, 0.1) is 10.4 Å². The van der Waals surface area contributed by atoms with E-state index in [1.165, 1.54) is 4.31 Å². The van der Waals surface area contributed by atoms with E-state index in [2.05, 4.69) is 4.98 Å². The molecule has 1 atom stereocenters. The van der Waals surface area contributed by atoms with Crippen molar-refractivity contribution in [2.24, 2.45) is 5.92 Å². The highest BCUT2D eigenvalue weighted by atomic mass is 35.5. The summed E-state index contributed by atoms with van der Waals surface area (Å²) < 4.78 is 27.1. The van der Waals surface area contributed by atoms with Crippen LogP contribution in [0.2, 0.25) is 0 Å². The van der Waals surface area contributed by atoms with Crippen molar-refractivity contribution in [3.8, 4) is 0 Å². The summed E-state index contributed by atoms with van der Waals surface area (Å²) >= 11 is 5.83. The molecule has 106 valence electrons. The van der Waals surface area contributed by atoms with Gasteiger partial charge in [-0.15, -0.1) is 11.6 Å². The molecular formula is C14H15ClN2O2S. The van der Waals surface area contributed by atoms with Crippen LogP contribution in [0.3, 0.4) is 0 Å². The molecule has 20 heavy (non-hydrogen) atoms. The van der Waals surface area contributed by atoms with E-state index in [1.54, 1.807) is 30.5 Å². The summed E-state index contributed by atoms with van der Waals surface area (Å²) in [5.74, 6) is 0.753. The number of hydrogen-bond acceptors (Lipinski definition) is 3. The predicted molar refractivity (Wildman–Crippen MR) is 79.3 cm³/mol. The number of hydrogen-bond donors (Lipinski definition) is 0. The fourth-order valence-corrected chi connectivity index (χ4v) is 4.56. The Kier molecular flexibility index (Phi) is 3.67. The Labute approximate surface area is 123 Å². The first-order chi connectivity index (χ1) is 9.63. The molecule has 0 aliphatic carbocycles. The molecule has 0 saturated carbocycles. The SMILES string of the molecule is O=S(=O)(c1cccc2ncccc12)N1CCC(CCl)C1. The quantitative estimate of drug-likeness (QED) is 0.818. The van der Waals surface area contributed by atoms with Gasteiger partial charge in [-0.25, -0.2) is 8.42 Å². The molecule has 1 aliphatic heterocycles. The third-order valence-electron chi connectivity index (χ3n) is 3.69. The summed E-state index contributed by atoms with van der Waals surface area (Å²) in [5.41, 5.74) is 0.696. The second-order valence-corrected chi connectivity index (χ2v) is 7.21. The molecule has 2 aromatic rings. The maximum absolute atomic E-state index is 12.8. The monoisotopic (exact) mass is 310 g/mol. The van der Waals surface area contributed by atoms with Crippen molar-refractivity contribution in [1.29, 1.82) is 0 Å². The lowest BCUT2D eigenvalue weighted by molar-refractivity contribution is 0.466. The molecule has 1 aromatic heterocycles. The number of nitrogens with zero attached hydrogens (tertiary/aromatic N) is 2. The van der Waals surface area contributed by atoms with Gasteiger partial charge < -0.3 is 0 Å². The van der Waals surface area contributed by atoms with Gasteiger partial charge in [0.15, 0.2) is 0 Å². The first-order valence-electron chi connectivity index (χ1n) is 6.53. The number of aromatic nitrogens is 1. The first-order valence-corrected chi connectivity index (χ1v) is 8.50. The third kappa shape index (κ3) is 2.30. The topological polar surface area (TPSA) is 50.3 Å². The number of pyridine rings is 1. The molecule has 1 aliphatic rings. The molecule has 1 saturated heterocycles. The van der Waals surface area contributed by atoms with E-state index in [0.717, 1.165) is 6.42 Å². The van der Waals surface area contributed by atoms with Gasteiger partial charge in [-0.05, 0) is 36.6 Å². The van der Waals surface area contributed by atoms with E-state index in [9.17, 15) is 8.42 Å². The maximum Gasteiger partial charge on any atom is 0.243 e. The van der Waals surface area contributed by atoms with Gasteiger partial charge in [-0.2, -0.15) is 4.31 Å². The largest absolute Gasteiger partial charge is 0.256 e. The van der Waals surface area contributed by atoms with Crippen molar-refractivity contribution in [2.45, 2.75) is 11.3 Å². The van der Waals surface area contributed by atoms with Crippen LogP contribution in [-0.2, 0) is 10.0 Å². The van der Waals surface area contributed by atoms with Gasteiger partial charge in [-0.3, -0.25) is 4.98 Å². The second kappa shape index (κ2) is 5.31. The molecule has 1 aromatic carbocycles. The lowest BCUT2D eigenvalue weighted by Crippen LogP contribution is -2.29. The van der Waals surface area contributed by atoms with Crippen LogP contribution in [0.1, 0.15) is 6.42 Å². The van der Waals surface area contributed by atoms with Crippen LogP contribution in [0.5, 0.6) is 0 Å². The fraction of sp³-hybridized carbons (Fsp3) is 0.357.